The number of nitrogens with two attached hydrogens (primary N) is 1. The van der Waals surface area contributed by atoms with Crippen LogP contribution >= 0.6 is 0 Å². The van der Waals surface area contributed by atoms with E-state index in [9.17, 15) is 4.79 Å². The molecule has 2 N–H and O–H groups in total. The van der Waals surface area contributed by atoms with Crippen molar-refractivity contribution in [2.24, 2.45) is 5.92 Å². The fourth-order valence-electron chi connectivity index (χ4n) is 5.33. The third-order valence-corrected chi connectivity index (χ3v) is 7.25. The summed E-state index contributed by atoms with van der Waals surface area (Å²) >= 11 is 0. The molecule has 37 heavy (non-hydrogen) atoms. The lowest BCUT2D eigenvalue weighted by Crippen LogP contribution is -2.34. The second-order valence-electron chi connectivity index (χ2n) is 9.78. The molecule has 8 heteroatoms. The first-order valence-corrected chi connectivity index (χ1v) is 13.0. The predicted molar refractivity (Wildman–Crippen MR) is 145 cm³/mol. The summed E-state index contributed by atoms with van der Waals surface area (Å²) in [6.07, 6.45) is 2.52. The first-order chi connectivity index (χ1) is 18.1. The van der Waals surface area contributed by atoms with Crippen LogP contribution in [0.15, 0.2) is 48.5 Å². The molecule has 0 spiro atoms. The molecule has 0 bridgehead atoms. The molecule has 2 aromatic heterocycles. The lowest BCUT2D eigenvalue weighted by molar-refractivity contribution is -0.139. The van der Waals surface area contributed by atoms with Crippen molar-refractivity contribution in [3.63, 3.8) is 0 Å². The number of ether oxygens (including phenoxy) is 2. The Labute approximate surface area is 217 Å². The highest BCUT2D eigenvalue weighted by Crippen LogP contribution is 2.31. The van der Waals surface area contributed by atoms with E-state index in [2.05, 4.69) is 32.7 Å². The number of fused-ring (bicyclic) bond motifs is 3. The Hall–Kier alpha value is -3.49. The van der Waals surface area contributed by atoms with Crippen LogP contribution in [0.1, 0.15) is 36.7 Å². The van der Waals surface area contributed by atoms with Crippen LogP contribution in [0.4, 0.5) is 5.82 Å². The molecular weight excluding hydrogens is 466 g/mol. The van der Waals surface area contributed by atoms with Crippen molar-refractivity contribution in [1.82, 2.24) is 19.4 Å². The van der Waals surface area contributed by atoms with Crippen molar-refractivity contribution in [2.75, 3.05) is 32.5 Å². The van der Waals surface area contributed by atoms with E-state index in [-0.39, 0.29) is 5.97 Å². The maximum absolute atomic E-state index is 11.6. The Kier molecular flexibility index (Phi) is 7.67. The van der Waals surface area contributed by atoms with Crippen LogP contribution in [0.5, 0.6) is 0 Å². The molecule has 8 nitrogen and oxygen atoms in total. The standard InChI is InChI=1S/C29H35N5O3/c1-3-37-19-25-32-27-28(23-9-4-5-10-24(23)31-29(27)30)34(25)18-20-11-13-33(14-12-20)17-22-8-6-7-21(15-22)16-26(35)36-2/h4-10,15,20H,3,11-14,16-19H2,1-2H3,(H2,30,31). The normalized spacial score (nSPS) is 15.0. The van der Waals surface area contributed by atoms with E-state index < -0.39 is 0 Å². The summed E-state index contributed by atoms with van der Waals surface area (Å²) in [7, 11) is 1.43. The van der Waals surface area contributed by atoms with Crippen molar-refractivity contribution in [3.8, 4) is 0 Å². The largest absolute Gasteiger partial charge is 0.469 e. The number of nitrogen functional groups attached to an aromatic ring is 1. The molecule has 0 radical (unpaired) electrons. The van der Waals surface area contributed by atoms with Gasteiger partial charge in [-0.15, -0.1) is 0 Å². The highest BCUT2D eigenvalue weighted by molar-refractivity contribution is 6.06. The lowest BCUT2D eigenvalue weighted by Gasteiger charge is -2.32. The van der Waals surface area contributed by atoms with Gasteiger partial charge in [0.25, 0.3) is 0 Å². The molecule has 194 valence electrons. The zero-order chi connectivity index (χ0) is 25.8. The quantitative estimate of drug-likeness (QED) is 0.341. The number of carbonyl (C=O) groups is 1. The minimum Gasteiger partial charge on any atom is -0.469 e. The Balaban J connectivity index is 1.31. The maximum Gasteiger partial charge on any atom is 0.309 e. The summed E-state index contributed by atoms with van der Waals surface area (Å²) in [6.45, 7) is 6.93. The zero-order valence-corrected chi connectivity index (χ0v) is 21.7. The molecule has 3 heterocycles. The van der Waals surface area contributed by atoms with E-state index in [1.165, 1.54) is 12.7 Å². The molecule has 0 saturated carbocycles. The molecule has 0 atom stereocenters. The zero-order valence-electron chi connectivity index (χ0n) is 21.7. The highest BCUT2D eigenvalue weighted by Gasteiger charge is 2.24. The number of hydrogen-bond acceptors (Lipinski definition) is 7. The number of methoxy groups -OCH3 is 1. The molecule has 1 aliphatic heterocycles. The average molecular weight is 502 g/mol. The first-order valence-electron chi connectivity index (χ1n) is 13.0. The van der Waals surface area contributed by atoms with Crippen LogP contribution < -0.4 is 5.73 Å². The number of aromatic nitrogens is 3. The lowest BCUT2D eigenvalue weighted by atomic mass is 9.96. The number of benzene rings is 2. The van der Waals surface area contributed by atoms with E-state index in [4.69, 9.17) is 20.2 Å². The van der Waals surface area contributed by atoms with E-state index >= 15 is 0 Å². The Morgan fingerprint density at radius 2 is 1.86 bits per heavy atom. The molecule has 1 aliphatic rings. The van der Waals surface area contributed by atoms with Crippen LogP contribution in [0, 0.1) is 5.92 Å². The van der Waals surface area contributed by atoms with Crippen LogP contribution in [-0.4, -0.2) is 52.2 Å². The van der Waals surface area contributed by atoms with Gasteiger partial charge < -0.3 is 19.8 Å². The van der Waals surface area contributed by atoms with E-state index in [0.29, 0.717) is 31.4 Å². The number of imidazole rings is 1. The Morgan fingerprint density at radius 1 is 1.08 bits per heavy atom. The van der Waals surface area contributed by atoms with E-state index in [1.807, 2.05) is 37.3 Å². The summed E-state index contributed by atoms with van der Waals surface area (Å²) in [5.74, 6) is 1.70. The highest BCUT2D eigenvalue weighted by atomic mass is 16.5. The number of carbonyl (C=O) groups excluding carboxylic acids is 1. The van der Waals surface area contributed by atoms with Gasteiger partial charge in [0.1, 0.15) is 17.9 Å². The number of anilines is 1. The van der Waals surface area contributed by atoms with Gasteiger partial charge in [0, 0.05) is 25.1 Å². The fourth-order valence-corrected chi connectivity index (χ4v) is 5.33. The van der Waals surface area contributed by atoms with Gasteiger partial charge in [-0.1, -0.05) is 42.5 Å². The minimum absolute atomic E-state index is 0.209. The summed E-state index contributed by atoms with van der Waals surface area (Å²) in [5.41, 5.74) is 11.3. The summed E-state index contributed by atoms with van der Waals surface area (Å²) in [5, 5.41) is 1.08. The van der Waals surface area contributed by atoms with Crippen molar-refractivity contribution in [2.45, 2.75) is 45.9 Å². The van der Waals surface area contributed by atoms with Gasteiger partial charge in [-0.25, -0.2) is 9.97 Å². The number of piperidine rings is 1. The van der Waals surface area contributed by atoms with Crippen LogP contribution in [-0.2, 0) is 40.4 Å². The number of hydrogen-bond donors (Lipinski definition) is 1. The molecular formula is C29H35N5O3. The van der Waals surface area contributed by atoms with Gasteiger partial charge in [0.05, 0.1) is 24.6 Å². The number of rotatable bonds is 9. The molecule has 0 amide bonds. The van der Waals surface area contributed by atoms with Crippen LogP contribution in [0.3, 0.4) is 0 Å². The van der Waals surface area contributed by atoms with Crippen molar-refractivity contribution in [3.05, 3.63) is 65.5 Å². The predicted octanol–water partition coefficient (Wildman–Crippen LogP) is 4.33. The van der Waals surface area contributed by atoms with Crippen molar-refractivity contribution >= 4 is 33.7 Å². The second kappa shape index (κ2) is 11.3. The van der Waals surface area contributed by atoms with Crippen LogP contribution in [0.25, 0.3) is 21.9 Å². The number of likely N-dealkylation sites (tertiary alicyclic amines) is 1. The van der Waals surface area contributed by atoms with Gasteiger partial charge in [-0.05, 0) is 56.0 Å². The molecule has 1 saturated heterocycles. The Morgan fingerprint density at radius 3 is 2.65 bits per heavy atom. The van der Waals surface area contributed by atoms with Gasteiger partial charge in [-0.2, -0.15) is 0 Å². The topological polar surface area (TPSA) is 95.5 Å². The molecule has 0 aliphatic carbocycles. The number of para-hydroxylation sites is 1. The molecule has 0 unspecified atom stereocenters. The fraction of sp³-hybridized carbons (Fsp3) is 0.414. The smallest absolute Gasteiger partial charge is 0.309 e. The van der Waals surface area contributed by atoms with Gasteiger partial charge in [-0.3, -0.25) is 9.69 Å². The molecule has 5 rings (SSSR count). The molecule has 4 aromatic rings. The van der Waals surface area contributed by atoms with Crippen molar-refractivity contribution < 1.29 is 14.3 Å². The van der Waals surface area contributed by atoms with E-state index in [1.54, 1.807) is 0 Å². The summed E-state index contributed by atoms with van der Waals surface area (Å²) < 4.78 is 12.9. The van der Waals surface area contributed by atoms with Gasteiger partial charge in [0.15, 0.2) is 5.82 Å². The average Bonchev–Trinajstić information content (AvgIpc) is 3.27. The van der Waals surface area contributed by atoms with Crippen LogP contribution in [0.2, 0.25) is 0 Å². The molecule has 1 fully saturated rings. The second-order valence-corrected chi connectivity index (χ2v) is 9.78. The summed E-state index contributed by atoms with van der Waals surface area (Å²) in [6, 6.07) is 16.4. The number of esters is 1. The summed E-state index contributed by atoms with van der Waals surface area (Å²) in [4.78, 5) is 23.6. The first kappa shape index (κ1) is 25.2. The van der Waals surface area contributed by atoms with Gasteiger partial charge in [0.2, 0.25) is 0 Å². The van der Waals surface area contributed by atoms with Crippen molar-refractivity contribution in [1.29, 1.82) is 0 Å². The molecule has 2 aromatic carbocycles. The Bertz CT molecular complexity index is 1390. The number of nitrogens with zero attached hydrogens (tertiary/aromatic N) is 4. The van der Waals surface area contributed by atoms with E-state index in [0.717, 1.165) is 72.3 Å². The third kappa shape index (κ3) is 5.60. The minimum atomic E-state index is -0.209. The maximum atomic E-state index is 11.6. The number of pyridine rings is 1. The monoisotopic (exact) mass is 501 g/mol. The van der Waals surface area contributed by atoms with Gasteiger partial charge >= 0.3 is 5.97 Å². The SMILES string of the molecule is CCOCc1nc2c(N)nc3ccccc3c2n1CC1CCN(Cc2cccc(CC(=O)OC)c2)CC1. The third-order valence-electron chi connectivity index (χ3n) is 7.25.